The molecule has 1 heterocycles. The van der Waals surface area contributed by atoms with E-state index in [1.807, 2.05) is 24.3 Å². The van der Waals surface area contributed by atoms with E-state index in [1.54, 1.807) is 20.1 Å². The second kappa shape index (κ2) is 11.7. The summed E-state index contributed by atoms with van der Waals surface area (Å²) in [6.07, 6.45) is 4.25. The lowest BCUT2D eigenvalue weighted by Gasteiger charge is -2.38. The van der Waals surface area contributed by atoms with Crippen LogP contribution in [0.15, 0.2) is 30.3 Å². The predicted molar refractivity (Wildman–Crippen MR) is 139 cm³/mol. The number of aliphatic carboxylic acids is 1. The topological polar surface area (TPSA) is 118 Å². The van der Waals surface area contributed by atoms with Gasteiger partial charge in [-0.2, -0.15) is 0 Å². The van der Waals surface area contributed by atoms with Crippen molar-refractivity contribution in [2.75, 3.05) is 26.1 Å². The highest BCUT2D eigenvalue weighted by Crippen LogP contribution is 2.37. The maximum absolute atomic E-state index is 12.4. The van der Waals surface area contributed by atoms with Crippen molar-refractivity contribution in [3.8, 4) is 22.6 Å². The number of phenolic OH excluding ortho intramolecular Hbond substituents is 1. The monoisotopic (exact) mass is 512 g/mol. The second-order valence-electron chi connectivity index (χ2n) is 9.80. The zero-order valence-corrected chi connectivity index (χ0v) is 21.7. The lowest BCUT2D eigenvalue weighted by Crippen LogP contribution is -2.51. The van der Waals surface area contributed by atoms with Gasteiger partial charge >= 0.3 is 12.1 Å². The summed E-state index contributed by atoms with van der Waals surface area (Å²) in [4.78, 5) is 25.6. The number of likely N-dealkylation sites (tertiary alicyclic amines) is 1. The molecule has 3 N–H and O–H groups in total. The summed E-state index contributed by atoms with van der Waals surface area (Å²) in [5, 5.41) is 23.4. The minimum Gasteiger partial charge on any atom is -0.508 e. The highest BCUT2D eigenvalue weighted by Gasteiger charge is 2.35. The molecule has 2 atom stereocenters. The fourth-order valence-electron chi connectivity index (χ4n) is 5.24. The number of carboxylic acid groups (broad SMARTS) is 1. The van der Waals surface area contributed by atoms with E-state index >= 15 is 0 Å². The highest BCUT2D eigenvalue weighted by atomic mass is 16.5. The van der Waals surface area contributed by atoms with E-state index in [4.69, 9.17) is 14.2 Å². The number of ether oxygens (including phenoxy) is 3. The first-order chi connectivity index (χ1) is 17.8. The van der Waals surface area contributed by atoms with Crippen LogP contribution in [0.5, 0.6) is 11.5 Å². The number of carbonyl (C=O) groups is 2. The molecule has 1 aliphatic heterocycles. The number of carbonyl (C=O) groups excluding carboxylic acids is 1. The summed E-state index contributed by atoms with van der Waals surface area (Å²) in [5.74, 6) is -0.679. The maximum atomic E-state index is 12.4. The summed E-state index contributed by atoms with van der Waals surface area (Å²) < 4.78 is 16.7. The fraction of sp³-hybridized carbons (Fsp3) is 0.500. The van der Waals surface area contributed by atoms with Crippen molar-refractivity contribution in [2.45, 2.75) is 64.3 Å². The number of aromatic hydroxyl groups is 1. The number of carboxylic acids is 1. The molecule has 1 saturated heterocycles. The van der Waals surface area contributed by atoms with Crippen LogP contribution < -0.4 is 10.1 Å². The minimum absolute atomic E-state index is 0.148. The van der Waals surface area contributed by atoms with Crippen molar-refractivity contribution < 1.29 is 34.0 Å². The first-order valence-electron chi connectivity index (χ1n) is 12.8. The lowest BCUT2D eigenvalue weighted by atomic mass is 9.94. The standard InChI is InChI=1S/C28H36N2O7/c1-17-24(31)13-19(14-25(17)35-2)23-9-8-21(12-20(23)16-37-22-6-4-5-7-22)29-26-15-18(27(32)33)10-11-30(26)28(34)36-3/h8-9,12-14,18,22,26,29,31H,4-7,10-11,15-16H2,1-3H3,(H,32,33). The van der Waals surface area contributed by atoms with E-state index in [0.717, 1.165) is 48.1 Å². The first-order valence-corrected chi connectivity index (χ1v) is 12.8. The molecule has 1 saturated carbocycles. The molecule has 2 aliphatic rings. The average Bonchev–Trinajstić information content (AvgIpc) is 3.42. The van der Waals surface area contributed by atoms with Gasteiger partial charge in [0.1, 0.15) is 17.7 Å². The van der Waals surface area contributed by atoms with Gasteiger partial charge in [-0.1, -0.05) is 18.9 Å². The number of anilines is 1. The molecule has 1 aliphatic carbocycles. The van der Waals surface area contributed by atoms with Gasteiger partial charge < -0.3 is 29.7 Å². The van der Waals surface area contributed by atoms with E-state index in [0.29, 0.717) is 30.9 Å². The van der Waals surface area contributed by atoms with Crippen molar-refractivity contribution in [3.05, 3.63) is 41.5 Å². The van der Waals surface area contributed by atoms with Crippen molar-refractivity contribution in [1.82, 2.24) is 4.90 Å². The number of piperidine rings is 1. The van der Waals surface area contributed by atoms with Gasteiger partial charge in [0.25, 0.3) is 0 Å². The third-order valence-corrected chi connectivity index (χ3v) is 7.44. The Labute approximate surface area is 217 Å². The third kappa shape index (κ3) is 6.10. The number of nitrogens with zero attached hydrogens (tertiary/aromatic N) is 1. The number of hydrogen-bond donors (Lipinski definition) is 3. The SMILES string of the molecule is COC(=O)N1CCC(C(=O)O)CC1Nc1ccc(-c2cc(O)c(C)c(OC)c2)c(COC2CCCC2)c1. The van der Waals surface area contributed by atoms with Crippen molar-refractivity contribution in [1.29, 1.82) is 0 Å². The zero-order chi connectivity index (χ0) is 26.5. The smallest absolute Gasteiger partial charge is 0.411 e. The van der Waals surface area contributed by atoms with Crippen LogP contribution in [-0.2, 0) is 20.9 Å². The Morgan fingerprint density at radius 2 is 1.86 bits per heavy atom. The van der Waals surface area contributed by atoms with Crippen LogP contribution >= 0.6 is 0 Å². The van der Waals surface area contributed by atoms with Gasteiger partial charge in [0.05, 0.1) is 32.8 Å². The van der Waals surface area contributed by atoms with Crippen LogP contribution in [-0.4, -0.2) is 60.2 Å². The Bertz CT molecular complexity index is 1130. The van der Waals surface area contributed by atoms with Crippen molar-refractivity contribution in [2.24, 2.45) is 5.92 Å². The molecule has 2 aromatic rings. The van der Waals surface area contributed by atoms with Gasteiger partial charge in [0.2, 0.25) is 0 Å². The largest absolute Gasteiger partial charge is 0.508 e. The normalized spacial score (nSPS) is 20.0. The number of nitrogens with one attached hydrogen (secondary N) is 1. The van der Waals surface area contributed by atoms with Crippen LogP contribution in [0.4, 0.5) is 10.5 Å². The Balaban J connectivity index is 1.66. The summed E-state index contributed by atoms with van der Waals surface area (Å²) >= 11 is 0. The summed E-state index contributed by atoms with van der Waals surface area (Å²) in [6.45, 7) is 2.48. The average molecular weight is 513 g/mol. The molecule has 0 spiro atoms. The van der Waals surface area contributed by atoms with Gasteiger partial charge in [-0.3, -0.25) is 9.69 Å². The quantitative estimate of drug-likeness (QED) is 0.445. The van der Waals surface area contributed by atoms with E-state index in [9.17, 15) is 19.8 Å². The molecule has 2 unspecified atom stereocenters. The van der Waals surface area contributed by atoms with E-state index < -0.39 is 24.1 Å². The zero-order valence-electron chi connectivity index (χ0n) is 21.7. The summed E-state index contributed by atoms with van der Waals surface area (Å²) in [7, 11) is 2.89. The molecule has 9 heteroatoms. The van der Waals surface area contributed by atoms with Gasteiger partial charge in [-0.05, 0) is 73.6 Å². The molecule has 0 bridgehead atoms. The Kier molecular flexibility index (Phi) is 8.43. The minimum atomic E-state index is -0.870. The van der Waals surface area contributed by atoms with Gasteiger partial charge in [0.15, 0.2) is 0 Å². The van der Waals surface area contributed by atoms with Gasteiger partial charge in [-0.15, -0.1) is 0 Å². The maximum Gasteiger partial charge on any atom is 0.411 e. The van der Waals surface area contributed by atoms with Crippen LogP contribution in [0.3, 0.4) is 0 Å². The van der Waals surface area contributed by atoms with E-state index in [2.05, 4.69) is 5.32 Å². The number of benzene rings is 2. The molecule has 9 nitrogen and oxygen atoms in total. The molecule has 4 rings (SSSR count). The highest BCUT2D eigenvalue weighted by molar-refractivity contribution is 5.75. The summed E-state index contributed by atoms with van der Waals surface area (Å²) in [5.41, 5.74) is 4.02. The first kappa shape index (κ1) is 26.6. The summed E-state index contributed by atoms with van der Waals surface area (Å²) in [6, 6.07) is 9.41. The molecule has 1 amide bonds. The molecule has 0 radical (unpaired) electrons. The Morgan fingerprint density at radius 3 is 2.54 bits per heavy atom. The molecular formula is C28H36N2O7. The number of hydrogen-bond acceptors (Lipinski definition) is 7. The molecular weight excluding hydrogens is 476 g/mol. The van der Waals surface area contributed by atoms with Crippen LogP contribution in [0.25, 0.3) is 11.1 Å². The Morgan fingerprint density at radius 1 is 1.11 bits per heavy atom. The number of rotatable bonds is 8. The lowest BCUT2D eigenvalue weighted by molar-refractivity contribution is -0.143. The van der Waals surface area contributed by atoms with Gasteiger partial charge in [-0.25, -0.2) is 4.79 Å². The van der Waals surface area contributed by atoms with Crippen molar-refractivity contribution >= 4 is 17.7 Å². The molecule has 37 heavy (non-hydrogen) atoms. The van der Waals surface area contributed by atoms with Crippen LogP contribution in [0.2, 0.25) is 0 Å². The molecule has 2 fully saturated rings. The number of amides is 1. The van der Waals surface area contributed by atoms with Crippen LogP contribution in [0, 0.1) is 12.8 Å². The second-order valence-corrected chi connectivity index (χ2v) is 9.80. The molecule has 2 aromatic carbocycles. The molecule has 200 valence electrons. The van der Waals surface area contributed by atoms with Crippen molar-refractivity contribution in [3.63, 3.8) is 0 Å². The van der Waals surface area contributed by atoms with E-state index in [1.165, 1.54) is 12.0 Å². The van der Waals surface area contributed by atoms with Gasteiger partial charge in [0, 0.05) is 17.8 Å². The predicted octanol–water partition coefficient (Wildman–Crippen LogP) is 5.14. The van der Waals surface area contributed by atoms with Crippen LogP contribution in [0.1, 0.15) is 49.7 Å². The Hall–Kier alpha value is -3.46. The fourth-order valence-corrected chi connectivity index (χ4v) is 5.24. The number of phenols is 1. The number of methoxy groups -OCH3 is 2. The third-order valence-electron chi connectivity index (χ3n) is 7.44. The van der Waals surface area contributed by atoms with E-state index in [-0.39, 0.29) is 18.3 Å². The molecule has 0 aromatic heterocycles.